The Bertz CT molecular complexity index is 434. The monoisotopic (exact) mass is 230 g/mol. The molecule has 0 spiro atoms. The molecule has 1 atom stereocenters. The van der Waals surface area contributed by atoms with Crippen LogP contribution in [0.1, 0.15) is 29.5 Å². The second kappa shape index (κ2) is 4.36. The molecule has 82 valence electrons. The summed E-state index contributed by atoms with van der Waals surface area (Å²) < 4.78 is 0. The maximum absolute atomic E-state index is 4.43. The first kappa shape index (κ1) is 10.00. The number of aromatic nitrogens is 1. The van der Waals surface area contributed by atoms with Crippen molar-refractivity contribution in [1.82, 2.24) is 10.3 Å². The van der Waals surface area contributed by atoms with E-state index in [0.29, 0.717) is 6.04 Å². The lowest BCUT2D eigenvalue weighted by molar-refractivity contribution is 0.598. The lowest BCUT2D eigenvalue weighted by atomic mass is 10.1. The Labute approximate surface area is 99.4 Å². The smallest absolute Gasteiger partial charge is 0.114 e. The lowest BCUT2D eigenvalue weighted by Crippen LogP contribution is -2.24. The summed E-state index contributed by atoms with van der Waals surface area (Å²) in [5, 5.41) is 6.86. The standard InChI is InChI=1S/C13H14N2S/c1-2-4-10(5-3-1)12(15-11-6-7-11)13-14-8-9-16-13/h1-5,8-9,11-12,15H,6-7H2. The Morgan fingerprint density at radius 1 is 1.25 bits per heavy atom. The van der Waals surface area contributed by atoms with E-state index >= 15 is 0 Å². The van der Waals surface area contributed by atoms with Crippen LogP contribution in [0.15, 0.2) is 41.9 Å². The SMILES string of the molecule is c1ccc(C(NC2CC2)c2nccs2)cc1. The van der Waals surface area contributed by atoms with Gasteiger partial charge < -0.3 is 5.32 Å². The highest BCUT2D eigenvalue weighted by atomic mass is 32.1. The van der Waals surface area contributed by atoms with E-state index in [1.165, 1.54) is 18.4 Å². The molecular formula is C13H14N2S. The molecule has 16 heavy (non-hydrogen) atoms. The van der Waals surface area contributed by atoms with Crippen molar-refractivity contribution in [3.63, 3.8) is 0 Å². The Morgan fingerprint density at radius 2 is 2.06 bits per heavy atom. The van der Waals surface area contributed by atoms with Gasteiger partial charge in [-0.25, -0.2) is 4.98 Å². The maximum atomic E-state index is 4.43. The van der Waals surface area contributed by atoms with Gasteiger partial charge >= 0.3 is 0 Å². The predicted molar refractivity (Wildman–Crippen MR) is 66.6 cm³/mol. The fourth-order valence-electron chi connectivity index (χ4n) is 1.82. The number of hydrogen-bond donors (Lipinski definition) is 1. The number of nitrogens with one attached hydrogen (secondary N) is 1. The third-order valence-corrected chi connectivity index (χ3v) is 3.65. The van der Waals surface area contributed by atoms with Crippen molar-refractivity contribution in [3.8, 4) is 0 Å². The zero-order valence-corrected chi connectivity index (χ0v) is 9.78. The largest absolute Gasteiger partial charge is 0.301 e. The lowest BCUT2D eigenvalue weighted by Gasteiger charge is -2.16. The van der Waals surface area contributed by atoms with E-state index in [1.54, 1.807) is 11.3 Å². The van der Waals surface area contributed by atoms with Crippen molar-refractivity contribution >= 4 is 11.3 Å². The number of nitrogens with zero attached hydrogens (tertiary/aromatic N) is 1. The van der Waals surface area contributed by atoms with Gasteiger partial charge in [-0.05, 0) is 18.4 Å². The normalized spacial score (nSPS) is 17.2. The zero-order valence-electron chi connectivity index (χ0n) is 8.97. The minimum atomic E-state index is 0.272. The van der Waals surface area contributed by atoms with E-state index in [9.17, 15) is 0 Å². The summed E-state index contributed by atoms with van der Waals surface area (Å²) in [5.74, 6) is 0. The molecule has 0 aliphatic heterocycles. The molecule has 1 aromatic heterocycles. The first-order valence-electron chi connectivity index (χ1n) is 5.64. The molecule has 1 aliphatic carbocycles. The third kappa shape index (κ3) is 2.15. The molecule has 3 heteroatoms. The van der Waals surface area contributed by atoms with Crippen molar-refractivity contribution in [2.24, 2.45) is 0 Å². The van der Waals surface area contributed by atoms with Crippen LogP contribution in [0.25, 0.3) is 0 Å². The van der Waals surface area contributed by atoms with Crippen molar-refractivity contribution in [3.05, 3.63) is 52.5 Å². The molecule has 0 bridgehead atoms. The molecule has 2 nitrogen and oxygen atoms in total. The van der Waals surface area contributed by atoms with Gasteiger partial charge in [0.2, 0.25) is 0 Å². The van der Waals surface area contributed by atoms with Crippen LogP contribution in [-0.2, 0) is 0 Å². The topological polar surface area (TPSA) is 24.9 Å². The van der Waals surface area contributed by atoms with E-state index in [4.69, 9.17) is 0 Å². The van der Waals surface area contributed by atoms with Crippen LogP contribution in [0, 0.1) is 0 Å². The number of thiazole rings is 1. The van der Waals surface area contributed by atoms with Crippen molar-refractivity contribution in [2.45, 2.75) is 24.9 Å². The van der Waals surface area contributed by atoms with Crippen LogP contribution in [0.3, 0.4) is 0 Å². The number of benzene rings is 1. The van der Waals surface area contributed by atoms with Crippen LogP contribution in [0.2, 0.25) is 0 Å². The molecule has 3 rings (SSSR count). The highest BCUT2D eigenvalue weighted by Crippen LogP contribution is 2.29. The Kier molecular flexibility index (Phi) is 2.72. The van der Waals surface area contributed by atoms with Gasteiger partial charge in [0.25, 0.3) is 0 Å². The summed E-state index contributed by atoms with van der Waals surface area (Å²) in [6, 6.07) is 11.5. The molecule has 0 saturated heterocycles. The fraction of sp³-hybridized carbons (Fsp3) is 0.308. The summed E-state index contributed by atoms with van der Waals surface area (Å²) in [7, 11) is 0. The van der Waals surface area contributed by atoms with Gasteiger partial charge in [0, 0.05) is 17.6 Å². The average Bonchev–Trinajstić information content (AvgIpc) is 3.00. The summed E-state index contributed by atoms with van der Waals surface area (Å²) >= 11 is 1.72. The second-order valence-corrected chi connectivity index (χ2v) is 5.08. The summed E-state index contributed by atoms with van der Waals surface area (Å²) in [6.45, 7) is 0. The van der Waals surface area contributed by atoms with Gasteiger partial charge in [-0.3, -0.25) is 0 Å². The highest BCUT2D eigenvalue weighted by Gasteiger charge is 2.27. The molecular weight excluding hydrogens is 216 g/mol. The van der Waals surface area contributed by atoms with Gasteiger partial charge in [-0.15, -0.1) is 11.3 Å². The van der Waals surface area contributed by atoms with Gasteiger partial charge in [0.1, 0.15) is 5.01 Å². The van der Waals surface area contributed by atoms with Gasteiger partial charge in [-0.1, -0.05) is 30.3 Å². The summed E-state index contributed by atoms with van der Waals surface area (Å²) in [6.07, 6.45) is 4.48. The Hall–Kier alpha value is -1.19. The Morgan fingerprint density at radius 3 is 2.69 bits per heavy atom. The average molecular weight is 230 g/mol. The molecule has 1 aromatic carbocycles. The predicted octanol–water partition coefficient (Wildman–Crippen LogP) is 2.98. The maximum Gasteiger partial charge on any atom is 0.114 e. The van der Waals surface area contributed by atoms with Crippen molar-refractivity contribution < 1.29 is 0 Å². The molecule has 1 saturated carbocycles. The molecule has 1 N–H and O–H groups in total. The van der Waals surface area contributed by atoms with Gasteiger partial charge in [0.15, 0.2) is 0 Å². The highest BCUT2D eigenvalue weighted by molar-refractivity contribution is 7.09. The Balaban J connectivity index is 1.89. The summed E-state index contributed by atoms with van der Waals surface area (Å²) in [5.41, 5.74) is 1.31. The third-order valence-electron chi connectivity index (χ3n) is 2.81. The van der Waals surface area contributed by atoms with E-state index < -0.39 is 0 Å². The summed E-state index contributed by atoms with van der Waals surface area (Å²) in [4.78, 5) is 4.43. The first-order valence-corrected chi connectivity index (χ1v) is 6.52. The van der Waals surface area contributed by atoms with E-state index in [1.807, 2.05) is 11.6 Å². The van der Waals surface area contributed by atoms with Gasteiger partial charge in [-0.2, -0.15) is 0 Å². The quantitative estimate of drug-likeness (QED) is 0.873. The second-order valence-electron chi connectivity index (χ2n) is 4.15. The van der Waals surface area contributed by atoms with E-state index in [2.05, 4.69) is 40.6 Å². The van der Waals surface area contributed by atoms with Crippen LogP contribution >= 0.6 is 11.3 Å². The fourth-order valence-corrected chi connectivity index (χ4v) is 2.54. The minimum absolute atomic E-state index is 0.272. The van der Waals surface area contributed by atoms with Crippen molar-refractivity contribution in [2.75, 3.05) is 0 Å². The van der Waals surface area contributed by atoms with Crippen LogP contribution < -0.4 is 5.32 Å². The van der Waals surface area contributed by atoms with Crippen LogP contribution in [-0.4, -0.2) is 11.0 Å². The molecule has 2 aromatic rings. The molecule has 0 radical (unpaired) electrons. The van der Waals surface area contributed by atoms with Crippen LogP contribution in [0.4, 0.5) is 0 Å². The first-order chi connectivity index (χ1) is 7.93. The molecule has 1 unspecified atom stereocenters. The van der Waals surface area contributed by atoms with E-state index in [0.717, 1.165) is 5.01 Å². The van der Waals surface area contributed by atoms with Crippen LogP contribution in [0.5, 0.6) is 0 Å². The zero-order chi connectivity index (χ0) is 10.8. The molecule has 1 fully saturated rings. The van der Waals surface area contributed by atoms with E-state index in [-0.39, 0.29) is 6.04 Å². The minimum Gasteiger partial charge on any atom is -0.301 e. The van der Waals surface area contributed by atoms with Crippen molar-refractivity contribution in [1.29, 1.82) is 0 Å². The molecule has 1 aliphatic rings. The number of hydrogen-bond acceptors (Lipinski definition) is 3. The number of rotatable bonds is 4. The molecule has 1 heterocycles. The van der Waals surface area contributed by atoms with Gasteiger partial charge in [0.05, 0.1) is 6.04 Å². The molecule has 0 amide bonds.